The van der Waals surface area contributed by atoms with Crippen molar-refractivity contribution in [2.75, 3.05) is 13.2 Å². The second-order valence-corrected chi connectivity index (χ2v) is 17.1. The molecule has 0 saturated heterocycles. The molecule has 0 aliphatic carbocycles. The molecular weight excluding hydrogens is 745 g/mol. The molecule has 0 amide bonds. The molecule has 0 bridgehead atoms. The fraction of sp³-hybridized carbons (Fsp3) is 0.796. The third-order valence-electron chi connectivity index (χ3n) is 11.1. The van der Waals surface area contributed by atoms with E-state index in [1.165, 1.54) is 141 Å². The van der Waals surface area contributed by atoms with Crippen LogP contribution in [0.4, 0.5) is 0 Å². The predicted octanol–water partition coefficient (Wildman–Crippen LogP) is 16.7. The van der Waals surface area contributed by atoms with Crippen LogP contribution in [-0.4, -0.2) is 37.2 Å². The van der Waals surface area contributed by atoms with Crippen LogP contribution in [0.25, 0.3) is 0 Å². The number of allylic oxidation sites excluding steroid dienone is 8. The van der Waals surface area contributed by atoms with Crippen LogP contribution in [0.5, 0.6) is 0 Å². The maximum atomic E-state index is 12.6. The molecule has 6 heteroatoms. The van der Waals surface area contributed by atoms with Gasteiger partial charge in [-0.25, -0.2) is 0 Å². The Bertz CT molecular complexity index is 1060. The molecule has 1 unspecified atom stereocenters. The summed E-state index contributed by atoms with van der Waals surface area (Å²) in [7, 11) is 0. The molecule has 0 aliphatic rings. The lowest BCUT2D eigenvalue weighted by molar-refractivity contribution is -0.166. The van der Waals surface area contributed by atoms with Crippen molar-refractivity contribution in [1.29, 1.82) is 0 Å². The van der Waals surface area contributed by atoms with Crippen LogP contribution in [0.2, 0.25) is 0 Å². The molecule has 0 rings (SSSR count). The number of hydrogen-bond acceptors (Lipinski definition) is 6. The molecule has 0 N–H and O–H groups in total. The lowest BCUT2D eigenvalue weighted by Gasteiger charge is -2.18. The Labute approximate surface area is 371 Å². The fourth-order valence-electron chi connectivity index (χ4n) is 7.28. The molecule has 0 aromatic rings. The van der Waals surface area contributed by atoms with Crippen LogP contribution >= 0.6 is 0 Å². The third-order valence-corrected chi connectivity index (χ3v) is 11.1. The van der Waals surface area contributed by atoms with E-state index >= 15 is 0 Å². The molecule has 348 valence electrons. The molecule has 0 aromatic carbocycles. The molecule has 60 heavy (non-hydrogen) atoms. The molecule has 6 nitrogen and oxygen atoms in total. The second kappa shape index (κ2) is 49.0. The molecule has 0 radical (unpaired) electrons. The summed E-state index contributed by atoms with van der Waals surface area (Å²) in [5, 5.41) is 0. The smallest absolute Gasteiger partial charge is 0.306 e. The van der Waals surface area contributed by atoms with Crippen molar-refractivity contribution in [3.8, 4) is 0 Å². The summed E-state index contributed by atoms with van der Waals surface area (Å²) in [6, 6.07) is 0. The van der Waals surface area contributed by atoms with E-state index in [-0.39, 0.29) is 37.5 Å². The molecule has 1 atom stereocenters. The van der Waals surface area contributed by atoms with E-state index in [0.29, 0.717) is 19.3 Å². The number of hydrogen-bond donors (Lipinski definition) is 0. The summed E-state index contributed by atoms with van der Waals surface area (Å²) in [5.74, 6) is -0.991. The van der Waals surface area contributed by atoms with Gasteiger partial charge in [0.05, 0.1) is 0 Å². The van der Waals surface area contributed by atoms with Gasteiger partial charge in [-0.3, -0.25) is 14.4 Å². The monoisotopic (exact) mass is 841 g/mol. The molecule has 0 fully saturated rings. The quantitative estimate of drug-likeness (QED) is 0.0263. The zero-order chi connectivity index (χ0) is 43.7. The Morgan fingerprint density at radius 2 is 0.650 bits per heavy atom. The summed E-state index contributed by atoms with van der Waals surface area (Å²) in [6.45, 7) is 6.39. The van der Waals surface area contributed by atoms with Gasteiger partial charge >= 0.3 is 17.9 Å². The van der Waals surface area contributed by atoms with Crippen molar-refractivity contribution in [2.24, 2.45) is 0 Å². The van der Waals surface area contributed by atoms with Crippen molar-refractivity contribution >= 4 is 17.9 Å². The lowest BCUT2D eigenvalue weighted by atomic mass is 10.0. The molecule has 0 aliphatic heterocycles. The molecular formula is C54H96O6. The van der Waals surface area contributed by atoms with Gasteiger partial charge in [-0.2, -0.15) is 0 Å². The van der Waals surface area contributed by atoms with Crippen molar-refractivity contribution in [3.63, 3.8) is 0 Å². The van der Waals surface area contributed by atoms with Crippen molar-refractivity contribution in [1.82, 2.24) is 0 Å². The van der Waals surface area contributed by atoms with Crippen molar-refractivity contribution in [2.45, 2.75) is 264 Å². The van der Waals surface area contributed by atoms with Crippen molar-refractivity contribution in [3.05, 3.63) is 48.6 Å². The van der Waals surface area contributed by atoms with Crippen LogP contribution in [-0.2, 0) is 28.6 Å². The minimum atomic E-state index is -0.804. The van der Waals surface area contributed by atoms with Gasteiger partial charge in [0.25, 0.3) is 0 Å². The fourth-order valence-corrected chi connectivity index (χ4v) is 7.28. The predicted molar refractivity (Wildman–Crippen MR) is 256 cm³/mol. The Kier molecular flexibility index (Phi) is 46.9. The van der Waals surface area contributed by atoms with Gasteiger partial charge < -0.3 is 14.2 Å². The summed E-state index contributed by atoms with van der Waals surface area (Å²) < 4.78 is 16.6. The van der Waals surface area contributed by atoms with Gasteiger partial charge in [0.2, 0.25) is 0 Å². The number of carbonyl (C=O) groups is 3. The first-order valence-corrected chi connectivity index (χ1v) is 25.6. The Hall–Kier alpha value is -2.63. The van der Waals surface area contributed by atoms with Gasteiger partial charge in [0, 0.05) is 19.3 Å². The first-order chi connectivity index (χ1) is 29.5. The molecule has 0 aromatic heterocycles. The van der Waals surface area contributed by atoms with E-state index in [0.717, 1.165) is 70.6 Å². The lowest BCUT2D eigenvalue weighted by Crippen LogP contribution is -2.30. The highest BCUT2D eigenvalue weighted by molar-refractivity contribution is 5.71. The van der Waals surface area contributed by atoms with Gasteiger partial charge in [-0.1, -0.05) is 243 Å². The topological polar surface area (TPSA) is 78.9 Å². The zero-order valence-corrected chi connectivity index (χ0v) is 39.7. The van der Waals surface area contributed by atoms with Gasteiger partial charge in [-0.15, -0.1) is 0 Å². The van der Waals surface area contributed by atoms with E-state index in [1.54, 1.807) is 0 Å². The van der Waals surface area contributed by atoms with E-state index in [1.807, 2.05) is 12.2 Å². The minimum Gasteiger partial charge on any atom is -0.462 e. The van der Waals surface area contributed by atoms with Gasteiger partial charge in [0.1, 0.15) is 13.2 Å². The number of rotatable bonds is 46. The van der Waals surface area contributed by atoms with Crippen LogP contribution < -0.4 is 0 Å². The highest BCUT2D eigenvalue weighted by Crippen LogP contribution is 2.16. The highest BCUT2D eigenvalue weighted by atomic mass is 16.6. The third kappa shape index (κ3) is 46.4. The summed E-state index contributed by atoms with van der Waals surface area (Å²) in [6.07, 6.45) is 58.8. The standard InChI is InChI=1S/C54H96O6/c1-4-7-10-13-15-17-19-21-22-23-24-25-26-27-28-29-30-31-33-34-36-38-41-44-47-53(56)59-50-51(49-58-52(55)46-43-40-12-9-6-3)60-54(57)48-45-42-39-37-35-32-20-18-16-14-11-8-5-2/h8,11,16,18,32,35,39,42,51H,4-7,9-10,12-15,17,19-31,33-34,36-38,40-41,43-50H2,1-3H3/b11-8-,18-16-,35-32-,42-39-. The minimum absolute atomic E-state index is 0.0995. The first-order valence-electron chi connectivity index (χ1n) is 25.6. The normalized spacial score (nSPS) is 12.4. The Morgan fingerprint density at radius 1 is 0.350 bits per heavy atom. The Morgan fingerprint density at radius 3 is 0.983 bits per heavy atom. The summed E-state index contributed by atoms with van der Waals surface area (Å²) in [4.78, 5) is 37.5. The maximum Gasteiger partial charge on any atom is 0.306 e. The van der Waals surface area contributed by atoms with Gasteiger partial charge in [-0.05, 0) is 44.9 Å². The van der Waals surface area contributed by atoms with Crippen LogP contribution in [0.15, 0.2) is 48.6 Å². The summed E-state index contributed by atoms with van der Waals surface area (Å²) >= 11 is 0. The maximum absolute atomic E-state index is 12.6. The van der Waals surface area contributed by atoms with Gasteiger partial charge in [0.15, 0.2) is 6.10 Å². The van der Waals surface area contributed by atoms with Crippen LogP contribution in [0.1, 0.15) is 258 Å². The largest absolute Gasteiger partial charge is 0.462 e. The number of ether oxygens (including phenoxy) is 3. The summed E-state index contributed by atoms with van der Waals surface area (Å²) in [5.41, 5.74) is 0. The second-order valence-electron chi connectivity index (χ2n) is 17.1. The molecule has 0 heterocycles. The van der Waals surface area contributed by atoms with E-state index < -0.39 is 6.10 Å². The number of unbranched alkanes of at least 4 members (excludes halogenated alkanes) is 27. The molecule has 0 spiro atoms. The van der Waals surface area contributed by atoms with Crippen LogP contribution in [0.3, 0.4) is 0 Å². The zero-order valence-electron chi connectivity index (χ0n) is 39.7. The van der Waals surface area contributed by atoms with E-state index in [4.69, 9.17) is 14.2 Å². The first kappa shape index (κ1) is 57.4. The van der Waals surface area contributed by atoms with E-state index in [2.05, 4.69) is 57.2 Å². The SMILES string of the molecule is CC/C=C\C/C=C\C/C=C\C/C=C\CCC(=O)OC(COC(=O)CCCCCCC)COC(=O)CCCCCCCCCCCCCCCCCCCCCCCCCC. The van der Waals surface area contributed by atoms with E-state index in [9.17, 15) is 14.4 Å². The highest BCUT2D eigenvalue weighted by Gasteiger charge is 2.19. The number of esters is 3. The Balaban J connectivity index is 4.08. The number of carbonyl (C=O) groups excluding carboxylic acids is 3. The molecule has 0 saturated carbocycles. The van der Waals surface area contributed by atoms with Crippen LogP contribution in [0, 0.1) is 0 Å². The van der Waals surface area contributed by atoms with Crippen molar-refractivity contribution < 1.29 is 28.6 Å². The average Bonchev–Trinajstić information content (AvgIpc) is 3.24. The average molecular weight is 841 g/mol.